The Hall–Kier alpha value is -1.20. The van der Waals surface area contributed by atoms with E-state index in [-0.39, 0.29) is 5.75 Å². The van der Waals surface area contributed by atoms with E-state index < -0.39 is 17.2 Å². The summed E-state index contributed by atoms with van der Waals surface area (Å²) < 4.78 is 37.2. The highest BCUT2D eigenvalue weighted by Gasteiger charge is 2.38. The zero-order chi connectivity index (χ0) is 12.5. The van der Waals surface area contributed by atoms with Crippen molar-refractivity contribution in [2.24, 2.45) is 0 Å². The summed E-state index contributed by atoms with van der Waals surface area (Å²) in [5, 5.41) is 3.08. The molecule has 3 nitrogen and oxygen atoms in total. The standard InChI is InChI=1S/C12H15F2NO2/c1-16-11-4-8(13)3-10(14)9(11)5-12(17-2)6-15-7-12/h3-4,15H,5-7H2,1-2H3. The largest absolute Gasteiger partial charge is 0.496 e. The first-order valence-corrected chi connectivity index (χ1v) is 5.38. The summed E-state index contributed by atoms with van der Waals surface area (Å²) >= 11 is 0. The molecule has 17 heavy (non-hydrogen) atoms. The van der Waals surface area contributed by atoms with Gasteiger partial charge in [0.15, 0.2) is 0 Å². The number of hydrogen-bond donors (Lipinski definition) is 1. The minimum absolute atomic E-state index is 0.228. The number of halogens is 2. The molecule has 1 aromatic rings. The molecule has 1 heterocycles. The van der Waals surface area contributed by atoms with Crippen LogP contribution >= 0.6 is 0 Å². The molecule has 0 aliphatic carbocycles. The van der Waals surface area contributed by atoms with Crippen molar-refractivity contribution in [1.29, 1.82) is 0 Å². The van der Waals surface area contributed by atoms with E-state index in [9.17, 15) is 8.78 Å². The molecule has 0 amide bonds. The van der Waals surface area contributed by atoms with Gasteiger partial charge in [-0.2, -0.15) is 0 Å². The van der Waals surface area contributed by atoms with Gasteiger partial charge in [0.1, 0.15) is 17.4 Å². The Morgan fingerprint density at radius 2 is 2.00 bits per heavy atom. The number of nitrogens with one attached hydrogen (secondary N) is 1. The highest BCUT2D eigenvalue weighted by Crippen LogP contribution is 2.30. The van der Waals surface area contributed by atoms with Gasteiger partial charge in [0.05, 0.1) is 12.7 Å². The summed E-state index contributed by atoms with van der Waals surface area (Å²) in [5.74, 6) is -1.00. The van der Waals surface area contributed by atoms with Crippen molar-refractivity contribution in [2.75, 3.05) is 27.3 Å². The lowest BCUT2D eigenvalue weighted by Crippen LogP contribution is -2.62. The molecule has 1 aliphatic heterocycles. The molecule has 0 spiro atoms. The second-order valence-corrected chi connectivity index (χ2v) is 4.24. The first-order chi connectivity index (χ1) is 8.10. The van der Waals surface area contributed by atoms with Crippen LogP contribution in [-0.4, -0.2) is 32.9 Å². The molecule has 1 aromatic carbocycles. The topological polar surface area (TPSA) is 30.5 Å². The monoisotopic (exact) mass is 243 g/mol. The van der Waals surface area contributed by atoms with Gasteiger partial charge >= 0.3 is 0 Å². The van der Waals surface area contributed by atoms with Gasteiger partial charge in [-0.05, 0) is 0 Å². The molecule has 0 saturated carbocycles. The Morgan fingerprint density at radius 3 is 2.47 bits per heavy atom. The van der Waals surface area contributed by atoms with Crippen molar-refractivity contribution in [3.63, 3.8) is 0 Å². The van der Waals surface area contributed by atoms with E-state index in [1.807, 2.05) is 0 Å². The van der Waals surface area contributed by atoms with Crippen molar-refractivity contribution in [2.45, 2.75) is 12.0 Å². The zero-order valence-electron chi connectivity index (χ0n) is 9.85. The third kappa shape index (κ3) is 2.25. The molecule has 94 valence electrons. The van der Waals surface area contributed by atoms with Crippen molar-refractivity contribution in [3.05, 3.63) is 29.3 Å². The quantitative estimate of drug-likeness (QED) is 0.869. The van der Waals surface area contributed by atoms with Crippen molar-refractivity contribution < 1.29 is 18.3 Å². The molecule has 0 aromatic heterocycles. The van der Waals surface area contributed by atoms with Crippen LogP contribution in [-0.2, 0) is 11.2 Å². The van der Waals surface area contributed by atoms with Gasteiger partial charge < -0.3 is 14.8 Å². The van der Waals surface area contributed by atoms with Crippen LogP contribution in [0, 0.1) is 11.6 Å². The summed E-state index contributed by atoms with van der Waals surface area (Å²) in [6.07, 6.45) is 0.367. The summed E-state index contributed by atoms with van der Waals surface area (Å²) in [5.41, 5.74) is -0.0522. The van der Waals surface area contributed by atoms with Crippen LogP contribution in [0.25, 0.3) is 0 Å². The number of rotatable bonds is 4. The maximum atomic E-state index is 13.7. The van der Waals surface area contributed by atoms with E-state index in [0.717, 1.165) is 6.07 Å². The molecule has 1 N–H and O–H groups in total. The number of hydrogen-bond acceptors (Lipinski definition) is 3. The summed E-state index contributed by atoms with van der Waals surface area (Å²) in [6, 6.07) is 2.06. The molecule has 0 unspecified atom stereocenters. The Balaban J connectivity index is 2.31. The van der Waals surface area contributed by atoms with Gasteiger partial charge in [-0.3, -0.25) is 0 Å². The first-order valence-electron chi connectivity index (χ1n) is 5.38. The van der Waals surface area contributed by atoms with E-state index >= 15 is 0 Å². The minimum atomic E-state index is -0.638. The maximum absolute atomic E-state index is 13.7. The normalized spacial score (nSPS) is 17.6. The molecule has 5 heteroatoms. The third-order valence-corrected chi connectivity index (χ3v) is 3.17. The maximum Gasteiger partial charge on any atom is 0.133 e. The van der Waals surface area contributed by atoms with Crippen LogP contribution in [0.2, 0.25) is 0 Å². The second-order valence-electron chi connectivity index (χ2n) is 4.24. The zero-order valence-corrected chi connectivity index (χ0v) is 9.85. The summed E-state index contributed by atoms with van der Waals surface area (Å²) in [6.45, 7) is 1.31. The molecule has 1 aliphatic rings. The van der Waals surface area contributed by atoms with Gasteiger partial charge in [-0.15, -0.1) is 0 Å². The van der Waals surface area contributed by atoms with Gasteiger partial charge in [0, 0.05) is 44.3 Å². The molecule has 2 rings (SSSR count). The van der Waals surface area contributed by atoms with Gasteiger partial charge in [-0.1, -0.05) is 0 Å². The summed E-state index contributed by atoms with van der Waals surface area (Å²) in [7, 11) is 2.99. The molecular formula is C12H15F2NO2. The lowest BCUT2D eigenvalue weighted by Gasteiger charge is -2.41. The van der Waals surface area contributed by atoms with Crippen LogP contribution in [0.1, 0.15) is 5.56 Å². The lowest BCUT2D eigenvalue weighted by molar-refractivity contribution is -0.0510. The molecule has 0 bridgehead atoms. The number of benzene rings is 1. The van der Waals surface area contributed by atoms with Crippen LogP contribution in [0.15, 0.2) is 12.1 Å². The fraction of sp³-hybridized carbons (Fsp3) is 0.500. The molecule has 0 atom stereocenters. The fourth-order valence-electron chi connectivity index (χ4n) is 2.00. The van der Waals surface area contributed by atoms with Gasteiger partial charge in [-0.25, -0.2) is 8.78 Å². The molecule has 1 saturated heterocycles. The van der Waals surface area contributed by atoms with Gasteiger partial charge in [0.25, 0.3) is 0 Å². The van der Waals surface area contributed by atoms with Gasteiger partial charge in [0.2, 0.25) is 0 Å². The van der Waals surface area contributed by atoms with Crippen molar-refractivity contribution in [1.82, 2.24) is 5.32 Å². The van der Waals surface area contributed by atoms with E-state index in [1.165, 1.54) is 13.2 Å². The first kappa shape index (κ1) is 12.3. The van der Waals surface area contributed by atoms with E-state index in [4.69, 9.17) is 9.47 Å². The van der Waals surface area contributed by atoms with Crippen LogP contribution in [0.5, 0.6) is 5.75 Å². The molecule has 0 radical (unpaired) electrons. The van der Waals surface area contributed by atoms with Crippen LogP contribution in [0.4, 0.5) is 8.78 Å². The minimum Gasteiger partial charge on any atom is -0.496 e. The number of methoxy groups -OCH3 is 2. The number of ether oxygens (including phenoxy) is 2. The predicted molar refractivity (Wildman–Crippen MR) is 59.2 cm³/mol. The van der Waals surface area contributed by atoms with Crippen molar-refractivity contribution >= 4 is 0 Å². The smallest absolute Gasteiger partial charge is 0.133 e. The van der Waals surface area contributed by atoms with E-state index in [0.29, 0.717) is 25.1 Å². The Bertz CT molecular complexity index is 414. The van der Waals surface area contributed by atoms with E-state index in [1.54, 1.807) is 7.11 Å². The lowest BCUT2D eigenvalue weighted by atomic mass is 9.88. The predicted octanol–water partition coefficient (Wildman–Crippen LogP) is 1.50. The van der Waals surface area contributed by atoms with Crippen LogP contribution in [0.3, 0.4) is 0 Å². The SMILES string of the molecule is COc1cc(F)cc(F)c1CC1(OC)CNC1. The van der Waals surface area contributed by atoms with Crippen LogP contribution < -0.4 is 10.1 Å². The average Bonchev–Trinajstić information content (AvgIpc) is 2.25. The molecular weight excluding hydrogens is 228 g/mol. The second kappa shape index (κ2) is 4.58. The van der Waals surface area contributed by atoms with E-state index in [2.05, 4.69) is 5.32 Å². The average molecular weight is 243 g/mol. The molecule has 1 fully saturated rings. The summed E-state index contributed by atoms with van der Waals surface area (Å²) in [4.78, 5) is 0. The Kier molecular flexibility index (Phi) is 3.31. The van der Waals surface area contributed by atoms with Crippen molar-refractivity contribution in [3.8, 4) is 5.75 Å². The fourth-order valence-corrected chi connectivity index (χ4v) is 2.00. The highest BCUT2D eigenvalue weighted by molar-refractivity contribution is 5.37. The Morgan fingerprint density at radius 1 is 1.29 bits per heavy atom. The Labute approximate surface area is 98.7 Å². The highest BCUT2D eigenvalue weighted by atomic mass is 19.1. The third-order valence-electron chi connectivity index (χ3n) is 3.17.